The lowest BCUT2D eigenvalue weighted by Gasteiger charge is -2.13. The summed E-state index contributed by atoms with van der Waals surface area (Å²) in [6.45, 7) is 0.727. The molecule has 3 N–H and O–H groups in total. The Kier molecular flexibility index (Phi) is 3.21. The van der Waals surface area contributed by atoms with E-state index in [1.54, 1.807) is 0 Å². The molecule has 0 spiro atoms. The van der Waals surface area contributed by atoms with E-state index in [4.69, 9.17) is 9.84 Å². The van der Waals surface area contributed by atoms with Gasteiger partial charge in [0.2, 0.25) is 6.29 Å². The maximum Gasteiger partial charge on any atom is 0.305 e. The van der Waals surface area contributed by atoms with Crippen LogP contribution in [0.1, 0.15) is 6.92 Å². The summed E-state index contributed by atoms with van der Waals surface area (Å²) >= 11 is 0. The summed E-state index contributed by atoms with van der Waals surface area (Å²) in [5.74, 6) is -0.616. The molecule has 1 aliphatic heterocycles. The highest BCUT2D eigenvalue weighted by Crippen LogP contribution is 2.21. The summed E-state index contributed by atoms with van der Waals surface area (Å²) in [6, 6.07) is 0. The minimum absolute atomic E-state index is 0.435. The SMILES string of the molecule is CC(=O)O[C@@H]1O[C@H](CO)[C@@H](O)[C@H]1O. The fourth-order valence-corrected chi connectivity index (χ4v) is 1.13. The van der Waals surface area contributed by atoms with Crippen LogP contribution in [0.2, 0.25) is 0 Å². The number of hydrogen-bond acceptors (Lipinski definition) is 6. The number of aliphatic hydroxyl groups excluding tert-OH is 3. The van der Waals surface area contributed by atoms with Crippen LogP contribution in [0.25, 0.3) is 0 Å². The van der Waals surface area contributed by atoms with Crippen LogP contribution in [0.3, 0.4) is 0 Å². The van der Waals surface area contributed by atoms with Crippen LogP contribution in [0, 0.1) is 0 Å². The Hall–Kier alpha value is -0.690. The molecule has 0 aliphatic carbocycles. The van der Waals surface area contributed by atoms with Gasteiger partial charge in [-0.2, -0.15) is 0 Å². The topological polar surface area (TPSA) is 96.2 Å². The molecule has 6 heteroatoms. The first kappa shape index (κ1) is 10.4. The van der Waals surface area contributed by atoms with Crippen LogP contribution in [0.5, 0.6) is 0 Å². The van der Waals surface area contributed by atoms with E-state index in [0.29, 0.717) is 0 Å². The Balaban J connectivity index is 2.55. The highest BCUT2D eigenvalue weighted by atomic mass is 16.7. The van der Waals surface area contributed by atoms with Crippen molar-refractivity contribution in [1.82, 2.24) is 0 Å². The first-order valence-electron chi connectivity index (χ1n) is 3.86. The third-order valence-electron chi connectivity index (χ3n) is 1.78. The lowest BCUT2D eigenvalue weighted by Crippen LogP contribution is -2.35. The zero-order valence-electron chi connectivity index (χ0n) is 7.08. The standard InChI is InChI=1S/C7H12O6/c1-3(9)12-7-6(11)5(10)4(2-8)13-7/h4-8,10-11H,2H2,1H3/t4-,5-,6-,7-/m1/s1. The summed E-state index contributed by atoms with van der Waals surface area (Å²) in [5, 5.41) is 27.1. The molecule has 0 amide bonds. The van der Waals surface area contributed by atoms with Gasteiger partial charge in [-0.05, 0) is 0 Å². The number of esters is 1. The second-order valence-electron chi connectivity index (χ2n) is 2.82. The van der Waals surface area contributed by atoms with Crippen molar-refractivity contribution in [3.05, 3.63) is 0 Å². The molecule has 4 atom stereocenters. The van der Waals surface area contributed by atoms with Gasteiger partial charge in [0.1, 0.15) is 18.3 Å². The average molecular weight is 192 g/mol. The number of carbonyl (C=O) groups excluding carboxylic acids is 1. The summed E-state index contributed by atoms with van der Waals surface area (Å²) in [7, 11) is 0. The van der Waals surface area contributed by atoms with E-state index >= 15 is 0 Å². The van der Waals surface area contributed by atoms with Crippen molar-refractivity contribution in [3.8, 4) is 0 Å². The number of hydrogen-bond donors (Lipinski definition) is 3. The largest absolute Gasteiger partial charge is 0.433 e. The van der Waals surface area contributed by atoms with E-state index in [9.17, 15) is 15.0 Å². The lowest BCUT2D eigenvalue weighted by atomic mass is 10.1. The highest BCUT2D eigenvalue weighted by molar-refractivity contribution is 5.66. The van der Waals surface area contributed by atoms with Crippen LogP contribution < -0.4 is 0 Å². The third-order valence-corrected chi connectivity index (χ3v) is 1.78. The van der Waals surface area contributed by atoms with E-state index < -0.39 is 37.2 Å². The Morgan fingerprint density at radius 2 is 2.08 bits per heavy atom. The molecule has 1 fully saturated rings. The van der Waals surface area contributed by atoms with Crippen LogP contribution in [0.4, 0.5) is 0 Å². The third kappa shape index (κ3) is 2.16. The Morgan fingerprint density at radius 3 is 2.46 bits per heavy atom. The average Bonchev–Trinajstić information content (AvgIpc) is 2.32. The van der Waals surface area contributed by atoms with Gasteiger partial charge in [0.25, 0.3) is 0 Å². The predicted molar refractivity (Wildman–Crippen MR) is 39.5 cm³/mol. The molecular weight excluding hydrogens is 180 g/mol. The summed E-state index contributed by atoms with van der Waals surface area (Å²) < 4.78 is 9.40. The highest BCUT2D eigenvalue weighted by Gasteiger charge is 2.44. The minimum atomic E-state index is -1.30. The molecule has 1 heterocycles. The van der Waals surface area contributed by atoms with E-state index in [-0.39, 0.29) is 0 Å². The molecule has 76 valence electrons. The monoisotopic (exact) mass is 192 g/mol. The van der Waals surface area contributed by atoms with E-state index in [0.717, 1.165) is 6.92 Å². The van der Waals surface area contributed by atoms with Crippen LogP contribution in [0.15, 0.2) is 0 Å². The molecule has 1 rings (SSSR count). The molecule has 0 radical (unpaired) electrons. The predicted octanol–water partition coefficient (Wildman–Crippen LogP) is -2.01. The molecule has 0 aromatic heterocycles. The quantitative estimate of drug-likeness (QED) is 0.437. The van der Waals surface area contributed by atoms with Crippen molar-refractivity contribution in [2.75, 3.05) is 6.61 Å². The van der Waals surface area contributed by atoms with Crippen molar-refractivity contribution in [2.45, 2.75) is 31.5 Å². The molecule has 0 unspecified atom stereocenters. The minimum Gasteiger partial charge on any atom is -0.433 e. The van der Waals surface area contributed by atoms with Crippen molar-refractivity contribution >= 4 is 5.97 Å². The Labute approximate surface area is 74.7 Å². The molecule has 0 bridgehead atoms. The van der Waals surface area contributed by atoms with Gasteiger partial charge in [0, 0.05) is 6.92 Å². The summed E-state index contributed by atoms with van der Waals surface area (Å²) in [4.78, 5) is 10.5. The van der Waals surface area contributed by atoms with Crippen LogP contribution in [-0.2, 0) is 14.3 Å². The van der Waals surface area contributed by atoms with Gasteiger partial charge in [0.05, 0.1) is 6.61 Å². The second kappa shape index (κ2) is 4.01. The summed E-state index contributed by atoms with van der Waals surface area (Å²) in [5.41, 5.74) is 0. The van der Waals surface area contributed by atoms with Crippen molar-refractivity contribution < 1.29 is 29.6 Å². The summed E-state index contributed by atoms with van der Waals surface area (Å²) in [6.07, 6.45) is -4.63. The van der Waals surface area contributed by atoms with E-state index in [1.165, 1.54) is 0 Å². The molecule has 1 saturated heterocycles. The number of rotatable bonds is 2. The zero-order chi connectivity index (χ0) is 10.0. The van der Waals surface area contributed by atoms with Crippen LogP contribution in [-0.4, -0.2) is 52.5 Å². The molecule has 1 aliphatic rings. The Morgan fingerprint density at radius 1 is 1.46 bits per heavy atom. The lowest BCUT2D eigenvalue weighted by molar-refractivity contribution is -0.187. The smallest absolute Gasteiger partial charge is 0.305 e. The van der Waals surface area contributed by atoms with Crippen molar-refractivity contribution in [1.29, 1.82) is 0 Å². The molecule has 6 nitrogen and oxygen atoms in total. The van der Waals surface area contributed by atoms with Crippen molar-refractivity contribution in [2.24, 2.45) is 0 Å². The molecule has 0 aromatic rings. The Bertz CT molecular complexity index is 193. The number of aliphatic hydroxyl groups is 3. The van der Waals surface area contributed by atoms with Gasteiger partial charge >= 0.3 is 5.97 Å². The second-order valence-corrected chi connectivity index (χ2v) is 2.82. The maximum absolute atomic E-state index is 10.5. The van der Waals surface area contributed by atoms with Gasteiger partial charge < -0.3 is 24.8 Å². The van der Waals surface area contributed by atoms with Gasteiger partial charge in [-0.15, -0.1) is 0 Å². The molecular formula is C7H12O6. The number of carbonyl (C=O) groups is 1. The van der Waals surface area contributed by atoms with Crippen molar-refractivity contribution in [3.63, 3.8) is 0 Å². The number of ether oxygens (including phenoxy) is 2. The van der Waals surface area contributed by atoms with Crippen LogP contribution >= 0.6 is 0 Å². The van der Waals surface area contributed by atoms with E-state index in [1.807, 2.05) is 0 Å². The van der Waals surface area contributed by atoms with E-state index in [2.05, 4.69) is 4.74 Å². The fraction of sp³-hybridized carbons (Fsp3) is 0.857. The molecule has 13 heavy (non-hydrogen) atoms. The normalized spacial score (nSPS) is 39.1. The first-order chi connectivity index (χ1) is 6.06. The zero-order valence-corrected chi connectivity index (χ0v) is 7.08. The van der Waals surface area contributed by atoms with Gasteiger partial charge in [-0.3, -0.25) is 4.79 Å². The van der Waals surface area contributed by atoms with Gasteiger partial charge in [0.15, 0.2) is 0 Å². The molecule has 0 saturated carbocycles. The molecule has 0 aromatic carbocycles. The fourth-order valence-electron chi connectivity index (χ4n) is 1.13. The van der Waals surface area contributed by atoms with Gasteiger partial charge in [-0.25, -0.2) is 0 Å². The first-order valence-corrected chi connectivity index (χ1v) is 3.86. The van der Waals surface area contributed by atoms with Gasteiger partial charge in [-0.1, -0.05) is 0 Å². The maximum atomic E-state index is 10.5.